The number of benzene rings is 2. The molecule has 0 saturated carbocycles. The Morgan fingerprint density at radius 2 is 2.00 bits per heavy atom. The summed E-state index contributed by atoms with van der Waals surface area (Å²) in [4.78, 5) is 10.7. The molecule has 9 heteroatoms. The van der Waals surface area contributed by atoms with Gasteiger partial charge in [0.05, 0.1) is 17.8 Å². The van der Waals surface area contributed by atoms with Crippen molar-refractivity contribution in [3.63, 3.8) is 0 Å². The van der Waals surface area contributed by atoms with Crippen LogP contribution in [0.2, 0.25) is 5.02 Å². The molecule has 26 heavy (non-hydrogen) atoms. The number of carboxylic acid groups (broad SMARTS) is 1. The van der Waals surface area contributed by atoms with Crippen molar-refractivity contribution in [2.24, 2.45) is 0 Å². The molecule has 0 unspecified atom stereocenters. The Balaban J connectivity index is 0.00000243. The molecule has 0 aliphatic rings. The Morgan fingerprint density at radius 1 is 1.31 bits per heavy atom. The van der Waals surface area contributed by atoms with Crippen molar-refractivity contribution >= 4 is 28.5 Å². The van der Waals surface area contributed by atoms with Crippen LogP contribution in [0.3, 0.4) is 0 Å². The second kappa shape index (κ2) is 8.00. The molecule has 2 aromatic carbocycles. The molecule has 0 fully saturated rings. The minimum atomic E-state index is -4.15. The maximum Gasteiger partial charge on any atom is 1.00 e. The number of hydrogen-bond donors (Lipinski definition) is 0. The van der Waals surface area contributed by atoms with Crippen LogP contribution in [-0.2, 0) is 17.3 Å². The number of hydrogen-bond acceptors (Lipinski definition) is 3. The number of fused-ring (bicyclic) bond motifs is 1. The van der Waals surface area contributed by atoms with E-state index in [4.69, 9.17) is 11.6 Å². The average molecular weight is 407 g/mol. The summed E-state index contributed by atoms with van der Waals surface area (Å²) in [7, 11) is 0. The van der Waals surface area contributed by atoms with Crippen LogP contribution in [-0.4, -0.2) is 15.7 Å². The Kier molecular flexibility index (Phi) is 6.58. The van der Waals surface area contributed by atoms with Gasteiger partial charge in [-0.05, 0) is 25.1 Å². The quantitative estimate of drug-likeness (QED) is 0.574. The van der Waals surface area contributed by atoms with E-state index in [1.807, 2.05) is 0 Å². The van der Waals surface area contributed by atoms with Crippen molar-refractivity contribution in [1.29, 1.82) is 0 Å². The molecule has 0 amide bonds. The summed E-state index contributed by atoms with van der Waals surface area (Å²) in [6.45, 7) is 1.58. The van der Waals surface area contributed by atoms with Crippen molar-refractivity contribution in [3.8, 4) is 0 Å². The molecule has 1 aromatic heterocycles. The molecule has 3 aromatic rings. The van der Waals surface area contributed by atoms with Gasteiger partial charge in [-0.2, -0.15) is 13.9 Å². The Hall–Kier alpha value is -0.904. The number of rotatable bonds is 4. The van der Waals surface area contributed by atoms with Gasteiger partial charge < -0.3 is 9.90 Å². The minimum Gasteiger partial charge on any atom is -0.544 e. The average Bonchev–Trinajstić information content (AvgIpc) is 2.86. The zero-order chi connectivity index (χ0) is 18.4. The Labute approximate surface area is 194 Å². The molecule has 130 valence electrons. The van der Waals surface area contributed by atoms with Crippen LogP contribution in [0, 0.1) is 12.7 Å². The number of nitrogens with zero attached hydrogens (tertiary/aromatic N) is 2. The molecule has 0 aliphatic heterocycles. The van der Waals surface area contributed by atoms with Gasteiger partial charge in [0.25, 0.3) is 0 Å². The maximum atomic E-state index is 14.0. The van der Waals surface area contributed by atoms with Gasteiger partial charge >= 0.3 is 57.3 Å². The molecule has 0 aliphatic carbocycles. The third-order valence-electron chi connectivity index (χ3n) is 3.92. The van der Waals surface area contributed by atoms with Gasteiger partial charge in [-0.1, -0.05) is 29.8 Å². The number of alkyl halides is 2. The molecule has 1 heterocycles. The fraction of sp³-hybridized carbons (Fsp3) is 0.176. The second-order valence-corrected chi connectivity index (χ2v) is 5.94. The molecule has 0 atom stereocenters. The third-order valence-corrected chi connectivity index (χ3v) is 4.28. The van der Waals surface area contributed by atoms with E-state index < -0.39 is 23.3 Å². The van der Waals surface area contributed by atoms with Crippen molar-refractivity contribution in [2.45, 2.75) is 19.4 Å². The molecular weight excluding hydrogens is 396 g/mol. The zero-order valence-electron chi connectivity index (χ0n) is 13.9. The summed E-state index contributed by atoms with van der Waals surface area (Å²) in [6, 6.07) is 7.56. The third kappa shape index (κ3) is 3.85. The van der Waals surface area contributed by atoms with Crippen LogP contribution >= 0.6 is 11.6 Å². The van der Waals surface area contributed by atoms with Gasteiger partial charge in [0.15, 0.2) is 0 Å². The molecule has 0 saturated heterocycles. The van der Waals surface area contributed by atoms with Crippen LogP contribution < -0.4 is 56.5 Å². The van der Waals surface area contributed by atoms with Gasteiger partial charge in [0, 0.05) is 21.5 Å². The Morgan fingerprint density at radius 3 is 2.62 bits per heavy atom. The first-order chi connectivity index (χ1) is 11.7. The largest absolute Gasteiger partial charge is 1.00 e. The van der Waals surface area contributed by atoms with Crippen LogP contribution in [0.25, 0.3) is 10.9 Å². The summed E-state index contributed by atoms with van der Waals surface area (Å²) in [5, 5.41) is 15.6. The molecule has 0 radical (unpaired) electrons. The topological polar surface area (TPSA) is 58.0 Å². The van der Waals surface area contributed by atoms with E-state index in [9.17, 15) is 23.1 Å². The summed E-state index contributed by atoms with van der Waals surface area (Å²) in [5.74, 6) is -7.19. The zero-order valence-corrected chi connectivity index (χ0v) is 17.8. The molecule has 4 nitrogen and oxygen atoms in total. The van der Waals surface area contributed by atoms with E-state index >= 15 is 0 Å². The maximum absolute atomic E-state index is 14.0. The van der Waals surface area contributed by atoms with Crippen molar-refractivity contribution in [1.82, 2.24) is 9.78 Å². The molecule has 0 spiro atoms. The number of aliphatic carboxylic acids is 1. The van der Waals surface area contributed by atoms with Gasteiger partial charge in [0.1, 0.15) is 11.8 Å². The summed E-state index contributed by atoms with van der Waals surface area (Å²) in [6.07, 6.45) is 0. The van der Waals surface area contributed by atoms with E-state index in [2.05, 4.69) is 5.10 Å². The van der Waals surface area contributed by atoms with E-state index in [0.29, 0.717) is 11.1 Å². The minimum absolute atomic E-state index is 0. The van der Waals surface area contributed by atoms with Gasteiger partial charge in [0.2, 0.25) is 0 Å². The summed E-state index contributed by atoms with van der Waals surface area (Å²) >= 11 is 6.00. The predicted octanol–water partition coefficient (Wildman–Crippen LogP) is 0.0312. The van der Waals surface area contributed by atoms with Crippen LogP contribution in [0.5, 0.6) is 0 Å². The van der Waals surface area contributed by atoms with E-state index in [0.717, 1.165) is 12.1 Å². The van der Waals surface area contributed by atoms with Gasteiger partial charge in [-0.3, -0.25) is 4.68 Å². The number of aryl methyl sites for hydroxylation is 1. The van der Waals surface area contributed by atoms with Crippen LogP contribution in [0.15, 0.2) is 36.4 Å². The summed E-state index contributed by atoms with van der Waals surface area (Å²) in [5.41, 5.74) is 0.201. The normalized spacial score (nSPS) is 11.4. The van der Waals surface area contributed by atoms with Crippen LogP contribution in [0.4, 0.5) is 13.2 Å². The fourth-order valence-electron chi connectivity index (χ4n) is 2.61. The van der Waals surface area contributed by atoms with E-state index in [1.165, 1.54) is 28.9 Å². The first-order valence-electron chi connectivity index (χ1n) is 7.21. The van der Waals surface area contributed by atoms with Gasteiger partial charge in [-0.15, -0.1) is 0 Å². The van der Waals surface area contributed by atoms with Crippen LogP contribution in [0.1, 0.15) is 16.8 Å². The first-order valence-corrected chi connectivity index (χ1v) is 7.59. The van der Waals surface area contributed by atoms with E-state index in [-0.39, 0.29) is 74.0 Å². The number of halogens is 4. The molecule has 3 rings (SSSR count). The number of carbonyl (C=O) groups is 1. The first kappa shape index (κ1) is 21.4. The second-order valence-electron chi connectivity index (χ2n) is 5.54. The van der Waals surface area contributed by atoms with Gasteiger partial charge in [-0.25, -0.2) is 4.39 Å². The molecule has 0 bridgehead atoms. The van der Waals surface area contributed by atoms with Crippen molar-refractivity contribution < 1.29 is 74.5 Å². The SMILES string of the molecule is Cc1nn(Cc2c(F)cccc2Cl)c2cc(C(F)(F)C(=O)[O-])ccc12.[K+]. The number of aromatic nitrogens is 2. The molecular formula is C17H11ClF3KN2O2. The van der Waals surface area contributed by atoms with E-state index in [1.54, 1.807) is 6.92 Å². The Bertz CT molecular complexity index is 971. The van der Waals surface area contributed by atoms with Crippen molar-refractivity contribution in [2.75, 3.05) is 0 Å². The number of carboxylic acids is 1. The standard InChI is InChI=1S/C17H12ClF3N2O2.K/c1-9-11-6-5-10(17(20,21)16(24)25)7-15(11)23(22-9)8-12-13(18)3-2-4-14(12)19;/h2-7H,8H2,1H3,(H,24,25);/q;+1/p-1. The fourth-order valence-corrected chi connectivity index (χ4v) is 2.83. The molecule has 0 N–H and O–H groups in total. The smallest absolute Gasteiger partial charge is 0.544 e. The predicted molar refractivity (Wildman–Crippen MR) is 83.9 cm³/mol. The monoisotopic (exact) mass is 406 g/mol. The van der Waals surface area contributed by atoms with Crippen molar-refractivity contribution in [3.05, 3.63) is 64.1 Å². The number of carbonyl (C=O) groups excluding carboxylic acids is 1. The summed E-state index contributed by atoms with van der Waals surface area (Å²) < 4.78 is 42.7.